The Hall–Kier alpha value is -2.62. The molecule has 2 aromatic carbocycles. The molecule has 3 nitrogen and oxygen atoms in total. The van der Waals surface area contributed by atoms with Gasteiger partial charge in [0.05, 0.1) is 11.1 Å². The van der Waals surface area contributed by atoms with E-state index in [1.807, 2.05) is 12.1 Å². The number of hydrogen-bond donors (Lipinski definition) is 1. The Morgan fingerprint density at radius 3 is 2.55 bits per heavy atom. The van der Waals surface area contributed by atoms with Gasteiger partial charge in [-0.3, -0.25) is 4.79 Å². The van der Waals surface area contributed by atoms with Gasteiger partial charge in [-0.1, -0.05) is 19.9 Å². The number of rotatable bonds is 2. The van der Waals surface area contributed by atoms with Gasteiger partial charge in [-0.25, -0.2) is 4.39 Å². The van der Waals surface area contributed by atoms with Gasteiger partial charge >= 0.3 is 0 Å². The van der Waals surface area contributed by atoms with Crippen molar-refractivity contribution in [2.75, 3.05) is 5.73 Å². The van der Waals surface area contributed by atoms with Crippen molar-refractivity contribution in [1.29, 1.82) is 0 Å². The van der Waals surface area contributed by atoms with Crippen LogP contribution < -0.4 is 11.2 Å². The van der Waals surface area contributed by atoms with Gasteiger partial charge in [-0.15, -0.1) is 0 Å². The van der Waals surface area contributed by atoms with E-state index in [9.17, 15) is 9.18 Å². The number of nitrogen functional groups attached to an aromatic ring is 1. The highest BCUT2D eigenvalue weighted by Gasteiger charge is 2.10. The zero-order valence-electron chi connectivity index (χ0n) is 12.4. The van der Waals surface area contributed by atoms with Crippen molar-refractivity contribution in [3.8, 4) is 11.3 Å². The van der Waals surface area contributed by atoms with Crippen LogP contribution in [0.25, 0.3) is 22.3 Å². The summed E-state index contributed by atoms with van der Waals surface area (Å²) in [5, 5.41) is 0.546. The highest BCUT2D eigenvalue weighted by molar-refractivity contribution is 5.79. The lowest BCUT2D eigenvalue weighted by molar-refractivity contribution is 0.616. The monoisotopic (exact) mass is 297 g/mol. The minimum Gasteiger partial charge on any atom is -0.456 e. The van der Waals surface area contributed by atoms with Crippen LogP contribution in [-0.2, 0) is 0 Å². The van der Waals surface area contributed by atoms with Crippen LogP contribution in [0.15, 0.2) is 51.7 Å². The van der Waals surface area contributed by atoms with E-state index < -0.39 is 5.82 Å². The second kappa shape index (κ2) is 5.30. The number of nitrogens with two attached hydrogens (primary N) is 1. The number of hydrogen-bond acceptors (Lipinski definition) is 3. The second-order valence-electron chi connectivity index (χ2n) is 5.62. The fourth-order valence-corrected chi connectivity index (χ4v) is 2.37. The second-order valence-corrected chi connectivity index (χ2v) is 5.62. The molecule has 0 aliphatic heterocycles. The van der Waals surface area contributed by atoms with E-state index in [2.05, 4.69) is 13.8 Å². The van der Waals surface area contributed by atoms with Crippen molar-refractivity contribution >= 4 is 16.7 Å². The van der Waals surface area contributed by atoms with Crippen LogP contribution in [0.4, 0.5) is 10.1 Å². The summed E-state index contributed by atoms with van der Waals surface area (Å²) in [5.41, 5.74) is 7.63. The Labute approximate surface area is 127 Å². The molecule has 0 atom stereocenters. The van der Waals surface area contributed by atoms with Crippen molar-refractivity contribution in [3.05, 3.63) is 64.1 Å². The normalized spacial score (nSPS) is 11.3. The van der Waals surface area contributed by atoms with E-state index in [0.29, 0.717) is 28.2 Å². The first-order chi connectivity index (χ1) is 10.5. The quantitative estimate of drug-likeness (QED) is 0.717. The van der Waals surface area contributed by atoms with E-state index in [4.69, 9.17) is 10.2 Å². The number of halogens is 1. The summed E-state index contributed by atoms with van der Waals surface area (Å²) in [7, 11) is 0. The third-order valence-corrected chi connectivity index (χ3v) is 3.70. The van der Waals surface area contributed by atoms with Crippen LogP contribution >= 0.6 is 0 Å². The number of fused-ring (bicyclic) bond motifs is 1. The predicted octanol–water partition coefficient (Wildman–Crippen LogP) is 4.30. The summed E-state index contributed by atoms with van der Waals surface area (Å²) in [5.74, 6) is 0.218. The maximum atomic E-state index is 13.2. The zero-order chi connectivity index (χ0) is 15.9. The molecule has 1 heterocycles. The standard InChI is InChI=1S/C18H16FNO2/c1-10(2)11-4-6-17-13(7-11)16(21)9-18(22-17)12-3-5-14(19)15(20)8-12/h3-10H,20H2,1-2H3. The molecule has 0 aliphatic rings. The van der Waals surface area contributed by atoms with Gasteiger partial charge < -0.3 is 10.2 Å². The molecular weight excluding hydrogens is 281 g/mol. The third kappa shape index (κ3) is 2.48. The van der Waals surface area contributed by atoms with E-state index in [1.54, 1.807) is 6.07 Å². The van der Waals surface area contributed by atoms with Gasteiger partial charge in [0, 0.05) is 11.6 Å². The molecule has 4 heteroatoms. The summed E-state index contributed by atoms with van der Waals surface area (Å²) in [6, 6.07) is 11.3. The smallest absolute Gasteiger partial charge is 0.193 e. The Kier molecular flexibility index (Phi) is 3.45. The highest BCUT2D eigenvalue weighted by atomic mass is 19.1. The maximum absolute atomic E-state index is 13.2. The van der Waals surface area contributed by atoms with E-state index >= 15 is 0 Å². The van der Waals surface area contributed by atoms with E-state index in [0.717, 1.165) is 5.56 Å². The van der Waals surface area contributed by atoms with Gasteiger partial charge in [0.1, 0.15) is 17.2 Å². The lowest BCUT2D eigenvalue weighted by Crippen LogP contribution is -2.02. The van der Waals surface area contributed by atoms with Crippen molar-refractivity contribution in [2.45, 2.75) is 19.8 Å². The van der Waals surface area contributed by atoms with Crippen molar-refractivity contribution in [3.63, 3.8) is 0 Å². The topological polar surface area (TPSA) is 56.2 Å². The molecule has 0 radical (unpaired) electrons. The fourth-order valence-electron chi connectivity index (χ4n) is 2.37. The van der Waals surface area contributed by atoms with Crippen molar-refractivity contribution < 1.29 is 8.81 Å². The molecule has 0 bridgehead atoms. The first-order valence-electron chi connectivity index (χ1n) is 7.09. The molecule has 0 saturated heterocycles. The summed E-state index contributed by atoms with van der Waals surface area (Å²) in [4.78, 5) is 12.3. The van der Waals surface area contributed by atoms with Gasteiger partial charge in [0.25, 0.3) is 0 Å². The number of benzene rings is 2. The van der Waals surface area contributed by atoms with Crippen LogP contribution in [0, 0.1) is 5.82 Å². The van der Waals surface area contributed by atoms with Crippen LogP contribution in [0.3, 0.4) is 0 Å². The Bertz CT molecular complexity index is 913. The minimum absolute atomic E-state index is 0.0235. The lowest BCUT2D eigenvalue weighted by Gasteiger charge is -2.08. The largest absolute Gasteiger partial charge is 0.456 e. The van der Waals surface area contributed by atoms with Crippen LogP contribution in [0.1, 0.15) is 25.3 Å². The summed E-state index contributed by atoms with van der Waals surface area (Å²) < 4.78 is 19.0. The van der Waals surface area contributed by atoms with Crippen LogP contribution in [0.2, 0.25) is 0 Å². The predicted molar refractivity (Wildman–Crippen MR) is 86.4 cm³/mol. The Morgan fingerprint density at radius 2 is 1.86 bits per heavy atom. The van der Waals surface area contributed by atoms with Crippen molar-refractivity contribution in [2.24, 2.45) is 0 Å². The minimum atomic E-state index is -0.492. The van der Waals surface area contributed by atoms with Crippen molar-refractivity contribution in [1.82, 2.24) is 0 Å². The molecule has 0 saturated carbocycles. The maximum Gasteiger partial charge on any atom is 0.193 e. The molecule has 3 aromatic rings. The van der Waals surface area contributed by atoms with E-state index in [-0.39, 0.29) is 11.1 Å². The molecule has 0 unspecified atom stereocenters. The van der Waals surface area contributed by atoms with Gasteiger partial charge in [0.2, 0.25) is 0 Å². The molecule has 0 spiro atoms. The first kappa shape index (κ1) is 14.3. The molecular formula is C18H16FNO2. The Balaban J connectivity index is 2.19. The van der Waals surface area contributed by atoms with Crippen LogP contribution in [-0.4, -0.2) is 0 Å². The van der Waals surface area contributed by atoms with E-state index in [1.165, 1.54) is 24.3 Å². The van der Waals surface area contributed by atoms with Gasteiger partial charge in [-0.05, 0) is 41.8 Å². The molecule has 0 fully saturated rings. The zero-order valence-corrected chi connectivity index (χ0v) is 12.4. The first-order valence-corrected chi connectivity index (χ1v) is 7.09. The van der Waals surface area contributed by atoms with Gasteiger partial charge in [0.15, 0.2) is 5.43 Å². The molecule has 1 aromatic heterocycles. The molecule has 3 rings (SSSR count). The lowest BCUT2D eigenvalue weighted by atomic mass is 10.0. The Morgan fingerprint density at radius 1 is 1.09 bits per heavy atom. The van der Waals surface area contributed by atoms with Crippen LogP contribution in [0.5, 0.6) is 0 Å². The number of anilines is 1. The summed E-state index contributed by atoms with van der Waals surface area (Å²) >= 11 is 0. The molecule has 2 N–H and O–H groups in total. The average molecular weight is 297 g/mol. The summed E-state index contributed by atoms with van der Waals surface area (Å²) in [6.07, 6.45) is 0. The molecule has 112 valence electrons. The van der Waals surface area contributed by atoms with Gasteiger partial charge in [-0.2, -0.15) is 0 Å². The molecule has 22 heavy (non-hydrogen) atoms. The summed E-state index contributed by atoms with van der Waals surface area (Å²) in [6.45, 7) is 4.14. The highest BCUT2D eigenvalue weighted by Crippen LogP contribution is 2.26. The average Bonchev–Trinajstić information content (AvgIpc) is 2.49. The molecule has 0 aliphatic carbocycles. The molecule has 0 amide bonds. The fraction of sp³-hybridized carbons (Fsp3) is 0.167. The SMILES string of the molecule is CC(C)c1ccc2oc(-c3ccc(F)c(N)c3)cc(=O)c2c1. The third-order valence-electron chi connectivity index (χ3n) is 3.70.